The molecule has 2 unspecified atom stereocenters. The fourth-order valence-electron chi connectivity index (χ4n) is 4.83. The zero-order valence-electron chi connectivity index (χ0n) is 20.5. The zero-order valence-corrected chi connectivity index (χ0v) is 20.5. The molecule has 0 aliphatic carbocycles. The van der Waals surface area contributed by atoms with Gasteiger partial charge >= 0.3 is 0 Å². The SMILES string of the molecule is COc1ccc(OC)c(C2CN(C(=O)c3ccc(F)cc3)CC2C(=O)NCc2ccc3c(c2)OCO3)c1. The minimum absolute atomic E-state index is 0.176. The molecule has 3 aromatic rings. The lowest BCUT2D eigenvalue weighted by molar-refractivity contribution is -0.125. The van der Waals surface area contributed by atoms with Gasteiger partial charge in [0.1, 0.15) is 17.3 Å². The highest BCUT2D eigenvalue weighted by Crippen LogP contribution is 2.40. The summed E-state index contributed by atoms with van der Waals surface area (Å²) in [4.78, 5) is 28.4. The van der Waals surface area contributed by atoms with E-state index >= 15 is 0 Å². The van der Waals surface area contributed by atoms with Crippen LogP contribution in [0, 0.1) is 11.7 Å². The number of benzene rings is 3. The van der Waals surface area contributed by atoms with Gasteiger partial charge in [0.25, 0.3) is 5.91 Å². The minimum Gasteiger partial charge on any atom is -0.497 e. The molecular formula is C28H27FN2O6. The number of halogens is 1. The van der Waals surface area contributed by atoms with Crippen molar-refractivity contribution in [3.8, 4) is 23.0 Å². The molecule has 1 saturated heterocycles. The van der Waals surface area contributed by atoms with E-state index in [-0.39, 0.29) is 31.1 Å². The van der Waals surface area contributed by atoms with Crippen LogP contribution in [0.2, 0.25) is 0 Å². The van der Waals surface area contributed by atoms with Gasteiger partial charge in [-0.25, -0.2) is 4.39 Å². The maximum absolute atomic E-state index is 13.5. The molecule has 37 heavy (non-hydrogen) atoms. The number of carbonyl (C=O) groups is 2. The van der Waals surface area contributed by atoms with E-state index < -0.39 is 11.7 Å². The van der Waals surface area contributed by atoms with Gasteiger partial charge in [-0.05, 0) is 60.2 Å². The second-order valence-electron chi connectivity index (χ2n) is 8.94. The standard InChI is InChI=1S/C28H27FN2O6/c1-34-20-8-10-24(35-2)21(12-20)22-14-31(28(33)18-4-6-19(29)7-5-18)15-23(22)27(32)30-13-17-3-9-25-26(11-17)37-16-36-25/h3-12,22-23H,13-16H2,1-2H3,(H,30,32). The van der Waals surface area contributed by atoms with Gasteiger partial charge in [0.15, 0.2) is 11.5 Å². The number of amides is 2. The normalized spacial score (nSPS) is 18.0. The third-order valence-electron chi connectivity index (χ3n) is 6.78. The first-order valence-corrected chi connectivity index (χ1v) is 11.9. The van der Waals surface area contributed by atoms with Gasteiger partial charge in [-0.15, -0.1) is 0 Å². The van der Waals surface area contributed by atoms with Gasteiger partial charge in [0, 0.05) is 36.7 Å². The average molecular weight is 507 g/mol. The summed E-state index contributed by atoms with van der Waals surface area (Å²) >= 11 is 0. The first-order chi connectivity index (χ1) is 18.0. The van der Waals surface area contributed by atoms with E-state index in [0.29, 0.717) is 41.7 Å². The van der Waals surface area contributed by atoms with Gasteiger partial charge in [0.2, 0.25) is 12.7 Å². The number of nitrogens with zero attached hydrogens (tertiary/aromatic N) is 1. The molecule has 2 aliphatic rings. The Morgan fingerprint density at radius 2 is 1.76 bits per heavy atom. The first-order valence-electron chi connectivity index (χ1n) is 11.9. The van der Waals surface area contributed by atoms with Crippen molar-refractivity contribution in [2.45, 2.75) is 12.5 Å². The maximum atomic E-state index is 13.5. The molecule has 0 radical (unpaired) electrons. The third kappa shape index (κ3) is 5.02. The number of hydrogen-bond acceptors (Lipinski definition) is 6. The average Bonchev–Trinajstić information content (AvgIpc) is 3.58. The highest BCUT2D eigenvalue weighted by Gasteiger charge is 2.42. The van der Waals surface area contributed by atoms with Crippen molar-refractivity contribution in [2.75, 3.05) is 34.1 Å². The van der Waals surface area contributed by atoms with Gasteiger partial charge in [-0.2, -0.15) is 0 Å². The van der Waals surface area contributed by atoms with Crippen LogP contribution in [-0.4, -0.2) is 50.8 Å². The monoisotopic (exact) mass is 506 g/mol. The van der Waals surface area contributed by atoms with Crippen LogP contribution in [0.3, 0.4) is 0 Å². The Balaban J connectivity index is 1.40. The van der Waals surface area contributed by atoms with Crippen molar-refractivity contribution in [3.05, 3.63) is 83.2 Å². The molecule has 8 nitrogen and oxygen atoms in total. The predicted molar refractivity (Wildman–Crippen MR) is 132 cm³/mol. The van der Waals surface area contributed by atoms with E-state index in [1.54, 1.807) is 31.3 Å². The van der Waals surface area contributed by atoms with E-state index in [1.807, 2.05) is 24.3 Å². The highest BCUT2D eigenvalue weighted by molar-refractivity contribution is 5.95. The van der Waals surface area contributed by atoms with Crippen molar-refractivity contribution in [2.24, 2.45) is 5.92 Å². The van der Waals surface area contributed by atoms with Gasteiger partial charge in [-0.1, -0.05) is 6.07 Å². The third-order valence-corrected chi connectivity index (χ3v) is 6.78. The number of rotatable bonds is 7. The second kappa shape index (κ2) is 10.4. The smallest absolute Gasteiger partial charge is 0.253 e. The minimum atomic E-state index is -0.542. The molecule has 2 atom stereocenters. The summed E-state index contributed by atoms with van der Waals surface area (Å²) in [5, 5.41) is 3.01. The number of nitrogens with one attached hydrogen (secondary N) is 1. The molecule has 9 heteroatoms. The van der Waals surface area contributed by atoms with E-state index in [1.165, 1.54) is 24.3 Å². The fourth-order valence-corrected chi connectivity index (χ4v) is 4.83. The molecule has 1 N–H and O–H groups in total. The molecule has 2 amide bonds. The topological polar surface area (TPSA) is 86.3 Å². The summed E-state index contributed by atoms with van der Waals surface area (Å²) in [7, 11) is 3.14. The number of likely N-dealkylation sites (tertiary alicyclic amines) is 1. The Labute approximate surface area is 213 Å². The maximum Gasteiger partial charge on any atom is 0.253 e. The lowest BCUT2D eigenvalue weighted by Crippen LogP contribution is -2.35. The first kappa shape index (κ1) is 24.4. The zero-order chi connectivity index (χ0) is 25.9. The lowest BCUT2D eigenvalue weighted by Gasteiger charge is -2.21. The van der Waals surface area contributed by atoms with Crippen molar-refractivity contribution >= 4 is 11.8 Å². The molecule has 0 saturated carbocycles. The van der Waals surface area contributed by atoms with Crippen LogP contribution >= 0.6 is 0 Å². The number of methoxy groups -OCH3 is 2. The van der Waals surface area contributed by atoms with E-state index in [9.17, 15) is 14.0 Å². The summed E-state index contributed by atoms with van der Waals surface area (Å²) in [6.45, 7) is 0.963. The van der Waals surface area contributed by atoms with Gasteiger partial charge < -0.3 is 29.2 Å². The molecule has 1 fully saturated rings. The summed E-state index contributed by atoms with van der Waals surface area (Å²) in [6.07, 6.45) is 0. The second-order valence-corrected chi connectivity index (χ2v) is 8.94. The largest absolute Gasteiger partial charge is 0.497 e. The number of fused-ring (bicyclic) bond motifs is 1. The number of hydrogen-bond donors (Lipinski definition) is 1. The van der Waals surface area contributed by atoms with Crippen LogP contribution in [0.1, 0.15) is 27.4 Å². The van der Waals surface area contributed by atoms with Crippen molar-refractivity contribution in [3.63, 3.8) is 0 Å². The van der Waals surface area contributed by atoms with Crippen LogP contribution in [0.15, 0.2) is 60.7 Å². The van der Waals surface area contributed by atoms with E-state index in [0.717, 1.165) is 11.1 Å². The Bertz CT molecular complexity index is 1310. The number of ether oxygens (including phenoxy) is 4. The summed E-state index contributed by atoms with van der Waals surface area (Å²) in [6, 6.07) is 16.3. The van der Waals surface area contributed by atoms with E-state index in [4.69, 9.17) is 18.9 Å². The number of carbonyl (C=O) groups excluding carboxylic acids is 2. The van der Waals surface area contributed by atoms with Crippen LogP contribution in [-0.2, 0) is 11.3 Å². The summed E-state index contributed by atoms with van der Waals surface area (Å²) in [5.41, 5.74) is 2.00. The molecule has 0 aromatic heterocycles. The van der Waals surface area contributed by atoms with Gasteiger partial charge in [-0.3, -0.25) is 9.59 Å². The molecule has 5 rings (SSSR count). The van der Waals surface area contributed by atoms with Crippen LogP contribution in [0.5, 0.6) is 23.0 Å². The Hall–Kier alpha value is -4.27. The van der Waals surface area contributed by atoms with Crippen LogP contribution in [0.4, 0.5) is 4.39 Å². The molecule has 3 aromatic carbocycles. The predicted octanol–water partition coefficient (Wildman–Crippen LogP) is 3.74. The molecule has 2 heterocycles. The summed E-state index contributed by atoms with van der Waals surface area (Å²) in [5.74, 6) is 0.783. The summed E-state index contributed by atoms with van der Waals surface area (Å²) < 4.78 is 35.2. The quantitative estimate of drug-likeness (QED) is 0.526. The molecule has 192 valence electrons. The highest BCUT2D eigenvalue weighted by atomic mass is 19.1. The van der Waals surface area contributed by atoms with Crippen molar-refractivity contribution in [1.29, 1.82) is 0 Å². The van der Waals surface area contributed by atoms with Crippen LogP contribution in [0.25, 0.3) is 0 Å². The molecule has 2 aliphatic heterocycles. The molecule has 0 bridgehead atoms. The van der Waals surface area contributed by atoms with Gasteiger partial charge in [0.05, 0.1) is 20.1 Å². The Morgan fingerprint density at radius 1 is 0.973 bits per heavy atom. The Kier molecular flexibility index (Phi) is 6.85. The fraction of sp³-hybridized carbons (Fsp3) is 0.286. The molecular weight excluding hydrogens is 479 g/mol. The lowest BCUT2D eigenvalue weighted by atomic mass is 9.87. The van der Waals surface area contributed by atoms with Crippen molar-refractivity contribution < 1.29 is 32.9 Å². The Morgan fingerprint density at radius 3 is 2.51 bits per heavy atom. The molecule has 0 spiro atoms. The van der Waals surface area contributed by atoms with E-state index in [2.05, 4.69) is 5.32 Å². The van der Waals surface area contributed by atoms with Crippen molar-refractivity contribution in [1.82, 2.24) is 10.2 Å². The van der Waals surface area contributed by atoms with Crippen LogP contribution < -0.4 is 24.3 Å².